The molecule has 1 rings (SSSR count). The molecule has 4 heteroatoms. The maximum atomic E-state index is 6.01. The lowest BCUT2D eigenvalue weighted by Gasteiger charge is -2.09. The molecule has 2 nitrogen and oxygen atoms in total. The van der Waals surface area contributed by atoms with Crippen molar-refractivity contribution in [2.24, 2.45) is 5.73 Å². The van der Waals surface area contributed by atoms with Gasteiger partial charge in [-0.1, -0.05) is 29.3 Å². The summed E-state index contributed by atoms with van der Waals surface area (Å²) in [4.78, 5) is 0. The van der Waals surface area contributed by atoms with Gasteiger partial charge in [0, 0.05) is 11.6 Å². The van der Waals surface area contributed by atoms with Crippen molar-refractivity contribution < 1.29 is 4.74 Å². The molecule has 0 aliphatic heterocycles. The molecule has 0 aromatic heterocycles. The lowest BCUT2D eigenvalue weighted by Crippen LogP contribution is -2.05. The summed E-state index contributed by atoms with van der Waals surface area (Å²) in [5.41, 5.74) is 8.12. The van der Waals surface area contributed by atoms with Crippen LogP contribution in [0.15, 0.2) is 29.8 Å². The zero-order valence-corrected chi connectivity index (χ0v) is 9.92. The second kappa shape index (κ2) is 6.01. The highest BCUT2D eigenvalue weighted by atomic mass is 35.5. The van der Waals surface area contributed by atoms with Gasteiger partial charge < -0.3 is 10.5 Å². The second-order valence-electron chi connectivity index (χ2n) is 3.15. The fourth-order valence-electron chi connectivity index (χ4n) is 1.09. The van der Waals surface area contributed by atoms with Crippen molar-refractivity contribution in [3.8, 4) is 5.75 Å². The first-order valence-electron chi connectivity index (χ1n) is 4.58. The van der Waals surface area contributed by atoms with E-state index in [2.05, 4.69) is 0 Å². The number of hydrogen-bond acceptors (Lipinski definition) is 2. The molecule has 0 heterocycles. The van der Waals surface area contributed by atoms with Gasteiger partial charge in [0.15, 0.2) is 0 Å². The van der Waals surface area contributed by atoms with Crippen molar-refractivity contribution in [3.05, 3.63) is 40.4 Å². The van der Waals surface area contributed by atoms with Crippen molar-refractivity contribution in [1.29, 1.82) is 0 Å². The zero-order valence-electron chi connectivity index (χ0n) is 8.41. The van der Waals surface area contributed by atoms with E-state index in [4.69, 9.17) is 33.7 Å². The van der Waals surface area contributed by atoms with E-state index in [-0.39, 0.29) is 6.04 Å². The molecule has 0 aliphatic carbocycles. The average Bonchev–Trinajstić information content (AvgIpc) is 2.20. The fraction of sp³-hybridized carbons (Fsp3) is 0.273. The van der Waals surface area contributed by atoms with E-state index in [1.165, 1.54) is 5.54 Å². The Labute approximate surface area is 99.6 Å². The highest BCUT2D eigenvalue weighted by Crippen LogP contribution is 2.27. The molecule has 2 N–H and O–H groups in total. The van der Waals surface area contributed by atoms with Crippen molar-refractivity contribution in [1.82, 2.24) is 0 Å². The number of nitrogens with two attached hydrogens (primary N) is 1. The normalized spacial score (nSPS) is 13.1. The average molecular weight is 246 g/mol. The van der Waals surface area contributed by atoms with E-state index in [9.17, 15) is 0 Å². The molecule has 0 bridgehead atoms. The quantitative estimate of drug-likeness (QED) is 0.882. The minimum Gasteiger partial charge on any atom is -0.488 e. The summed E-state index contributed by atoms with van der Waals surface area (Å²) in [7, 11) is 0. The van der Waals surface area contributed by atoms with Crippen LogP contribution >= 0.6 is 23.2 Å². The predicted octanol–water partition coefficient (Wildman–Crippen LogP) is 3.49. The highest BCUT2D eigenvalue weighted by Gasteiger charge is 2.04. The first-order valence-corrected chi connectivity index (χ1v) is 5.39. The van der Waals surface area contributed by atoms with Crippen LogP contribution in [-0.4, -0.2) is 6.61 Å². The van der Waals surface area contributed by atoms with Crippen molar-refractivity contribution in [3.63, 3.8) is 0 Å². The van der Waals surface area contributed by atoms with Crippen LogP contribution in [0.1, 0.15) is 18.5 Å². The van der Waals surface area contributed by atoms with E-state index in [0.717, 1.165) is 5.56 Å². The number of benzene rings is 1. The molecular weight excluding hydrogens is 233 g/mol. The molecule has 82 valence electrons. The molecule has 1 aromatic carbocycles. The van der Waals surface area contributed by atoms with Gasteiger partial charge in [0.25, 0.3) is 0 Å². The fourth-order valence-corrected chi connectivity index (χ4v) is 1.41. The van der Waals surface area contributed by atoms with Gasteiger partial charge in [-0.05, 0) is 30.7 Å². The summed E-state index contributed by atoms with van der Waals surface area (Å²) >= 11 is 11.4. The van der Waals surface area contributed by atoms with Gasteiger partial charge in [-0.3, -0.25) is 0 Å². The van der Waals surface area contributed by atoms with Gasteiger partial charge in [0.2, 0.25) is 0 Å². The second-order valence-corrected chi connectivity index (χ2v) is 3.81. The van der Waals surface area contributed by atoms with Crippen LogP contribution < -0.4 is 10.5 Å². The van der Waals surface area contributed by atoms with E-state index >= 15 is 0 Å². The van der Waals surface area contributed by atoms with E-state index in [1.807, 2.05) is 25.1 Å². The van der Waals surface area contributed by atoms with Gasteiger partial charge in [0.05, 0.1) is 5.02 Å². The van der Waals surface area contributed by atoms with E-state index in [0.29, 0.717) is 17.4 Å². The molecule has 15 heavy (non-hydrogen) atoms. The lowest BCUT2D eigenvalue weighted by atomic mass is 10.1. The SMILES string of the molecule is CC(N)c1ccc(OC/C=C/Cl)c(Cl)c1. The number of rotatable bonds is 4. The van der Waals surface area contributed by atoms with Crippen molar-refractivity contribution >= 4 is 23.2 Å². The molecule has 0 fully saturated rings. The van der Waals surface area contributed by atoms with Crippen molar-refractivity contribution in [2.75, 3.05) is 6.61 Å². The van der Waals surface area contributed by atoms with Crippen LogP contribution in [0.4, 0.5) is 0 Å². The van der Waals surface area contributed by atoms with Crippen LogP contribution in [0.3, 0.4) is 0 Å². The molecule has 1 atom stereocenters. The molecule has 1 aromatic rings. The first kappa shape index (κ1) is 12.4. The van der Waals surface area contributed by atoms with Gasteiger partial charge >= 0.3 is 0 Å². The molecule has 0 amide bonds. The summed E-state index contributed by atoms with van der Waals surface area (Å²) in [5, 5.41) is 0.563. The number of hydrogen-bond donors (Lipinski definition) is 1. The smallest absolute Gasteiger partial charge is 0.138 e. The zero-order chi connectivity index (χ0) is 11.3. The van der Waals surface area contributed by atoms with E-state index < -0.39 is 0 Å². The molecular formula is C11H13Cl2NO. The predicted molar refractivity (Wildman–Crippen MR) is 64.5 cm³/mol. The van der Waals surface area contributed by atoms with Crippen molar-refractivity contribution in [2.45, 2.75) is 13.0 Å². The first-order chi connectivity index (χ1) is 7.15. The third kappa shape index (κ3) is 3.74. The Balaban J connectivity index is 2.74. The minimum absolute atomic E-state index is 0.0284. The number of ether oxygens (including phenoxy) is 1. The summed E-state index contributed by atoms with van der Waals surface area (Å²) in [6.07, 6.45) is 1.69. The summed E-state index contributed by atoms with van der Waals surface area (Å²) < 4.78 is 5.37. The van der Waals surface area contributed by atoms with Gasteiger partial charge in [-0.25, -0.2) is 0 Å². The van der Waals surface area contributed by atoms with Crippen LogP contribution in [0.5, 0.6) is 5.75 Å². The van der Waals surface area contributed by atoms with E-state index in [1.54, 1.807) is 6.08 Å². The third-order valence-corrected chi connectivity index (χ3v) is 2.38. The minimum atomic E-state index is -0.0284. The Morgan fingerprint density at radius 3 is 2.80 bits per heavy atom. The van der Waals surface area contributed by atoms with Crippen LogP contribution in [0, 0.1) is 0 Å². The summed E-state index contributed by atoms with van der Waals surface area (Å²) in [6.45, 7) is 2.31. The van der Waals surface area contributed by atoms with Crippen LogP contribution in [-0.2, 0) is 0 Å². The lowest BCUT2D eigenvalue weighted by molar-refractivity contribution is 0.363. The molecule has 0 saturated carbocycles. The summed E-state index contributed by atoms with van der Waals surface area (Å²) in [6, 6.07) is 5.49. The Morgan fingerprint density at radius 1 is 1.53 bits per heavy atom. The topological polar surface area (TPSA) is 35.2 Å². The number of halogens is 2. The summed E-state index contributed by atoms with van der Waals surface area (Å²) in [5.74, 6) is 0.635. The monoisotopic (exact) mass is 245 g/mol. The molecule has 0 saturated heterocycles. The van der Waals surface area contributed by atoms with Crippen LogP contribution in [0.2, 0.25) is 5.02 Å². The van der Waals surface area contributed by atoms with Gasteiger partial charge in [-0.2, -0.15) is 0 Å². The molecule has 0 spiro atoms. The van der Waals surface area contributed by atoms with Gasteiger partial charge in [-0.15, -0.1) is 0 Å². The Kier molecular flexibility index (Phi) is 4.95. The Morgan fingerprint density at radius 2 is 2.27 bits per heavy atom. The highest BCUT2D eigenvalue weighted by molar-refractivity contribution is 6.32. The molecule has 0 aliphatic rings. The molecule has 0 radical (unpaired) electrons. The Bertz CT molecular complexity index is 350. The largest absolute Gasteiger partial charge is 0.488 e. The van der Waals surface area contributed by atoms with Crippen LogP contribution in [0.25, 0.3) is 0 Å². The third-order valence-electron chi connectivity index (χ3n) is 1.91. The Hall–Kier alpha value is -0.700. The molecule has 1 unspecified atom stereocenters. The maximum absolute atomic E-state index is 6.01. The maximum Gasteiger partial charge on any atom is 0.138 e. The van der Waals surface area contributed by atoms with Gasteiger partial charge in [0.1, 0.15) is 12.4 Å². The standard InChI is InChI=1S/C11H13Cl2NO/c1-8(14)9-3-4-11(10(13)7-9)15-6-2-5-12/h2-5,7-8H,6,14H2,1H3/b5-2+.